The van der Waals surface area contributed by atoms with Crippen molar-refractivity contribution in [2.24, 2.45) is 5.73 Å². The Balaban J connectivity index is 0.00000196. The lowest BCUT2D eigenvalue weighted by molar-refractivity contribution is 0.376. The highest BCUT2D eigenvalue weighted by molar-refractivity contribution is 5.85. The van der Waals surface area contributed by atoms with E-state index in [4.69, 9.17) is 10.5 Å². The van der Waals surface area contributed by atoms with E-state index in [1.165, 1.54) is 13.2 Å². The van der Waals surface area contributed by atoms with E-state index in [0.717, 1.165) is 18.4 Å². The molecule has 1 rings (SSSR count). The Kier molecular flexibility index (Phi) is 6.29. The molecule has 0 saturated heterocycles. The van der Waals surface area contributed by atoms with E-state index in [2.05, 4.69) is 0 Å². The fraction of sp³-hybridized carbons (Fsp3) is 0.455. The molecule has 0 radical (unpaired) electrons. The van der Waals surface area contributed by atoms with Crippen molar-refractivity contribution in [3.05, 3.63) is 29.6 Å². The summed E-state index contributed by atoms with van der Waals surface area (Å²) in [6.07, 6.45) is 1.81. The first-order valence-corrected chi connectivity index (χ1v) is 4.78. The molecule has 0 spiro atoms. The molecule has 1 aromatic rings. The molecule has 2 N–H and O–H groups in total. The van der Waals surface area contributed by atoms with Crippen LogP contribution in [0.3, 0.4) is 0 Å². The van der Waals surface area contributed by atoms with Gasteiger partial charge in [-0.3, -0.25) is 0 Å². The average molecular weight is 234 g/mol. The van der Waals surface area contributed by atoms with Crippen molar-refractivity contribution in [3.8, 4) is 5.75 Å². The maximum Gasteiger partial charge on any atom is 0.165 e. The van der Waals surface area contributed by atoms with Crippen molar-refractivity contribution in [2.45, 2.75) is 25.8 Å². The predicted octanol–water partition coefficient (Wildman–Crippen LogP) is 3.06. The number of ether oxygens (including phenoxy) is 1. The Morgan fingerprint density at radius 1 is 1.47 bits per heavy atom. The summed E-state index contributed by atoms with van der Waals surface area (Å²) in [5.74, 6) is -0.0787. The second kappa shape index (κ2) is 6.64. The summed E-state index contributed by atoms with van der Waals surface area (Å²) in [5, 5.41) is 0. The average Bonchev–Trinajstić information content (AvgIpc) is 2.17. The minimum absolute atomic E-state index is 0. The Hall–Kier alpha value is -0.800. The molecule has 86 valence electrons. The van der Waals surface area contributed by atoms with Crippen molar-refractivity contribution in [1.82, 2.24) is 0 Å². The SMILES string of the molecule is CCC[C@@H](N)c1cccc(F)c1OC.Cl. The predicted molar refractivity (Wildman–Crippen MR) is 62.0 cm³/mol. The molecular weight excluding hydrogens is 217 g/mol. The quantitative estimate of drug-likeness (QED) is 0.868. The Morgan fingerprint density at radius 3 is 2.67 bits per heavy atom. The van der Waals surface area contributed by atoms with Crippen LogP contribution in [0.2, 0.25) is 0 Å². The first-order chi connectivity index (χ1) is 6.70. The van der Waals surface area contributed by atoms with Gasteiger partial charge in [-0.25, -0.2) is 4.39 Å². The summed E-state index contributed by atoms with van der Waals surface area (Å²) in [7, 11) is 1.46. The molecule has 0 unspecified atom stereocenters. The summed E-state index contributed by atoms with van der Waals surface area (Å²) in [4.78, 5) is 0. The normalized spacial score (nSPS) is 11.7. The van der Waals surface area contributed by atoms with Crippen LogP contribution < -0.4 is 10.5 Å². The van der Waals surface area contributed by atoms with Gasteiger partial charge in [-0.05, 0) is 12.5 Å². The molecule has 0 saturated carbocycles. The van der Waals surface area contributed by atoms with Gasteiger partial charge in [-0.1, -0.05) is 25.5 Å². The van der Waals surface area contributed by atoms with Gasteiger partial charge >= 0.3 is 0 Å². The molecule has 4 heteroatoms. The Morgan fingerprint density at radius 2 is 2.13 bits per heavy atom. The lowest BCUT2D eigenvalue weighted by atomic mass is 10.0. The summed E-state index contributed by atoms with van der Waals surface area (Å²) >= 11 is 0. The third-order valence-electron chi connectivity index (χ3n) is 2.20. The molecule has 15 heavy (non-hydrogen) atoms. The minimum Gasteiger partial charge on any atom is -0.493 e. The third-order valence-corrected chi connectivity index (χ3v) is 2.20. The van der Waals surface area contributed by atoms with E-state index in [1.807, 2.05) is 13.0 Å². The van der Waals surface area contributed by atoms with Gasteiger partial charge < -0.3 is 10.5 Å². The molecule has 0 aliphatic carbocycles. The second-order valence-corrected chi connectivity index (χ2v) is 3.26. The van der Waals surface area contributed by atoms with E-state index in [9.17, 15) is 4.39 Å². The Bertz CT molecular complexity index is 307. The van der Waals surface area contributed by atoms with Crippen molar-refractivity contribution in [1.29, 1.82) is 0 Å². The van der Waals surface area contributed by atoms with Crippen LogP contribution in [0.25, 0.3) is 0 Å². The molecule has 0 fully saturated rings. The van der Waals surface area contributed by atoms with E-state index in [-0.39, 0.29) is 30.0 Å². The number of methoxy groups -OCH3 is 1. The number of hydrogen-bond acceptors (Lipinski definition) is 2. The topological polar surface area (TPSA) is 35.2 Å². The fourth-order valence-electron chi connectivity index (χ4n) is 1.50. The van der Waals surface area contributed by atoms with Crippen LogP contribution in [0, 0.1) is 5.82 Å². The zero-order valence-electron chi connectivity index (χ0n) is 9.00. The van der Waals surface area contributed by atoms with Gasteiger partial charge in [0.25, 0.3) is 0 Å². The van der Waals surface area contributed by atoms with Gasteiger partial charge in [-0.2, -0.15) is 0 Å². The molecule has 0 aliphatic rings. The summed E-state index contributed by atoms with van der Waals surface area (Å²) < 4.78 is 18.3. The number of rotatable bonds is 4. The molecule has 0 heterocycles. The fourth-order valence-corrected chi connectivity index (χ4v) is 1.50. The van der Waals surface area contributed by atoms with Crippen molar-refractivity contribution < 1.29 is 9.13 Å². The van der Waals surface area contributed by atoms with Gasteiger partial charge in [0.05, 0.1) is 7.11 Å². The highest BCUT2D eigenvalue weighted by Crippen LogP contribution is 2.28. The highest BCUT2D eigenvalue weighted by Gasteiger charge is 2.14. The summed E-state index contributed by atoms with van der Waals surface area (Å²) in [6, 6.07) is 4.69. The van der Waals surface area contributed by atoms with Gasteiger partial charge in [-0.15, -0.1) is 12.4 Å². The van der Waals surface area contributed by atoms with Gasteiger partial charge in [0, 0.05) is 11.6 Å². The molecular formula is C11H17ClFNO. The van der Waals surface area contributed by atoms with Crippen LogP contribution in [0.4, 0.5) is 4.39 Å². The first-order valence-electron chi connectivity index (χ1n) is 4.78. The van der Waals surface area contributed by atoms with E-state index < -0.39 is 0 Å². The maximum absolute atomic E-state index is 13.3. The number of para-hydroxylation sites is 1. The number of nitrogens with two attached hydrogens (primary N) is 1. The van der Waals surface area contributed by atoms with Crippen LogP contribution in [0.15, 0.2) is 18.2 Å². The zero-order chi connectivity index (χ0) is 10.6. The van der Waals surface area contributed by atoms with Crippen LogP contribution >= 0.6 is 12.4 Å². The largest absolute Gasteiger partial charge is 0.493 e. The third kappa shape index (κ3) is 3.36. The van der Waals surface area contributed by atoms with Crippen LogP contribution in [-0.2, 0) is 0 Å². The molecule has 1 atom stereocenters. The first kappa shape index (κ1) is 14.2. The molecule has 0 aromatic heterocycles. The van der Waals surface area contributed by atoms with E-state index in [0.29, 0.717) is 0 Å². The van der Waals surface area contributed by atoms with Crippen LogP contribution in [0.5, 0.6) is 5.75 Å². The monoisotopic (exact) mass is 233 g/mol. The number of benzene rings is 1. The van der Waals surface area contributed by atoms with Crippen molar-refractivity contribution in [2.75, 3.05) is 7.11 Å². The Labute approximate surface area is 96.0 Å². The minimum atomic E-state index is -0.350. The standard InChI is InChI=1S/C11H16FNO.ClH/c1-3-5-10(13)8-6-4-7-9(12)11(8)14-2;/h4,6-7,10H,3,5,13H2,1-2H3;1H/t10-;/m1./s1. The van der Waals surface area contributed by atoms with E-state index >= 15 is 0 Å². The lowest BCUT2D eigenvalue weighted by Gasteiger charge is -2.15. The zero-order valence-corrected chi connectivity index (χ0v) is 9.81. The highest BCUT2D eigenvalue weighted by atomic mass is 35.5. The molecule has 2 nitrogen and oxygen atoms in total. The molecule has 0 aliphatic heterocycles. The lowest BCUT2D eigenvalue weighted by Crippen LogP contribution is -2.11. The molecule has 1 aromatic carbocycles. The summed E-state index contributed by atoms with van der Waals surface area (Å²) in [5.41, 5.74) is 6.65. The van der Waals surface area contributed by atoms with Crippen molar-refractivity contribution >= 4 is 12.4 Å². The van der Waals surface area contributed by atoms with Gasteiger partial charge in [0.2, 0.25) is 0 Å². The summed E-state index contributed by atoms with van der Waals surface area (Å²) in [6.45, 7) is 2.05. The smallest absolute Gasteiger partial charge is 0.165 e. The van der Waals surface area contributed by atoms with Gasteiger partial charge in [0.1, 0.15) is 0 Å². The molecule has 0 bridgehead atoms. The molecule has 0 amide bonds. The number of halogens is 2. The number of hydrogen-bond donors (Lipinski definition) is 1. The second-order valence-electron chi connectivity index (χ2n) is 3.26. The van der Waals surface area contributed by atoms with Gasteiger partial charge in [0.15, 0.2) is 11.6 Å². The van der Waals surface area contributed by atoms with Crippen molar-refractivity contribution in [3.63, 3.8) is 0 Å². The van der Waals surface area contributed by atoms with E-state index in [1.54, 1.807) is 6.07 Å². The maximum atomic E-state index is 13.3. The van der Waals surface area contributed by atoms with Crippen LogP contribution in [0.1, 0.15) is 31.4 Å². The van der Waals surface area contributed by atoms with Crippen LogP contribution in [-0.4, -0.2) is 7.11 Å².